The highest BCUT2D eigenvalue weighted by atomic mass is 79.9. The van der Waals surface area contributed by atoms with Gasteiger partial charge in [0.1, 0.15) is 0 Å². The molecule has 0 amide bonds. The van der Waals surface area contributed by atoms with E-state index in [2.05, 4.69) is 21.2 Å². The SMILES string of the molecule is O=S1(=O)C=C(CNC2CC2)c2c(Br)cccc21. The summed E-state index contributed by atoms with van der Waals surface area (Å²) in [7, 11) is -3.24. The molecule has 1 aromatic carbocycles. The van der Waals surface area contributed by atoms with Gasteiger partial charge in [0, 0.05) is 28.0 Å². The van der Waals surface area contributed by atoms with Crippen LogP contribution in [0.1, 0.15) is 18.4 Å². The van der Waals surface area contributed by atoms with Gasteiger partial charge in [0.25, 0.3) is 0 Å². The molecule has 1 N–H and O–H groups in total. The summed E-state index contributed by atoms with van der Waals surface area (Å²) in [6.07, 6.45) is 2.39. The summed E-state index contributed by atoms with van der Waals surface area (Å²) >= 11 is 3.43. The molecule has 1 heterocycles. The first-order valence-corrected chi connectivity index (χ1v) is 7.90. The zero-order valence-corrected chi connectivity index (χ0v) is 11.5. The van der Waals surface area contributed by atoms with Crippen LogP contribution in [0, 0.1) is 0 Å². The summed E-state index contributed by atoms with van der Waals surface area (Å²) in [4.78, 5) is 0.416. The summed E-state index contributed by atoms with van der Waals surface area (Å²) < 4.78 is 24.7. The molecular weight excluding hydrogens is 302 g/mol. The van der Waals surface area contributed by atoms with Crippen LogP contribution in [0.3, 0.4) is 0 Å². The predicted octanol–water partition coefficient (Wildman–Crippen LogP) is 2.33. The second-order valence-corrected chi connectivity index (χ2v) is 7.08. The molecule has 5 heteroatoms. The van der Waals surface area contributed by atoms with E-state index in [9.17, 15) is 8.42 Å². The predicted molar refractivity (Wildman–Crippen MR) is 70.3 cm³/mol. The van der Waals surface area contributed by atoms with Gasteiger partial charge >= 0.3 is 0 Å². The molecule has 0 radical (unpaired) electrons. The number of fused-ring (bicyclic) bond motifs is 1. The summed E-state index contributed by atoms with van der Waals surface area (Å²) in [5, 5.41) is 4.74. The van der Waals surface area contributed by atoms with Gasteiger partial charge in [-0.15, -0.1) is 0 Å². The number of nitrogens with one attached hydrogen (secondary N) is 1. The van der Waals surface area contributed by atoms with Crippen LogP contribution in [0.4, 0.5) is 0 Å². The first-order chi connectivity index (χ1) is 8.08. The minimum absolute atomic E-state index is 0.416. The lowest BCUT2D eigenvalue weighted by Crippen LogP contribution is -2.18. The monoisotopic (exact) mass is 313 g/mol. The Balaban J connectivity index is 2.00. The van der Waals surface area contributed by atoms with Crippen LogP contribution in [-0.4, -0.2) is 21.0 Å². The Morgan fingerprint density at radius 1 is 1.35 bits per heavy atom. The number of halogens is 1. The molecular formula is C12H12BrNO2S. The molecule has 1 saturated carbocycles. The molecule has 3 nitrogen and oxygen atoms in total. The van der Waals surface area contributed by atoms with Gasteiger partial charge in [0.05, 0.1) is 4.90 Å². The number of benzene rings is 1. The van der Waals surface area contributed by atoms with Crippen molar-refractivity contribution in [2.75, 3.05) is 6.54 Å². The lowest BCUT2D eigenvalue weighted by Gasteiger charge is -2.07. The van der Waals surface area contributed by atoms with Crippen LogP contribution in [-0.2, 0) is 9.84 Å². The van der Waals surface area contributed by atoms with Crippen molar-refractivity contribution in [2.45, 2.75) is 23.8 Å². The van der Waals surface area contributed by atoms with E-state index in [0.717, 1.165) is 15.6 Å². The maximum Gasteiger partial charge on any atom is 0.200 e. The van der Waals surface area contributed by atoms with Crippen LogP contribution in [0.25, 0.3) is 5.57 Å². The molecule has 0 aromatic heterocycles. The molecule has 0 unspecified atom stereocenters. The highest BCUT2D eigenvalue weighted by molar-refractivity contribution is 9.10. The standard InChI is InChI=1S/C12H12BrNO2S/c13-10-2-1-3-11-12(10)8(7-17(11,15)16)6-14-9-4-5-9/h1-3,7,9,14H,4-6H2. The third-order valence-electron chi connectivity index (χ3n) is 3.06. The lowest BCUT2D eigenvalue weighted by molar-refractivity contribution is 0.605. The van der Waals surface area contributed by atoms with Gasteiger partial charge in [-0.25, -0.2) is 8.42 Å². The van der Waals surface area contributed by atoms with Gasteiger partial charge in [0.2, 0.25) is 9.84 Å². The molecule has 0 bridgehead atoms. The minimum atomic E-state index is -3.24. The van der Waals surface area contributed by atoms with Crippen molar-refractivity contribution in [1.82, 2.24) is 5.32 Å². The maximum atomic E-state index is 12.0. The van der Waals surface area contributed by atoms with Gasteiger partial charge in [-0.1, -0.05) is 22.0 Å². The number of hydrogen-bond donors (Lipinski definition) is 1. The quantitative estimate of drug-likeness (QED) is 0.931. The zero-order valence-electron chi connectivity index (χ0n) is 9.11. The smallest absolute Gasteiger partial charge is 0.200 e. The average Bonchev–Trinajstić information content (AvgIpc) is 3.04. The molecule has 90 valence electrons. The fraction of sp³-hybridized carbons (Fsp3) is 0.333. The first kappa shape index (κ1) is 11.4. The third-order valence-corrected chi connectivity index (χ3v) is 5.27. The molecule has 2 aliphatic rings. The maximum absolute atomic E-state index is 12.0. The Morgan fingerprint density at radius 2 is 2.12 bits per heavy atom. The van der Waals surface area contributed by atoms with Crippen LogP contribution in [0.15, 0.2) is 33.0 Å². The molecule has 1 aliphatic heterocycles. The van der Waals surface area contributed by atoms with Crippen molar-refractivity contribution in [3.63, 3.8) is 0 Å². The fourth-order valence-electron chi connectivity index (χ4n) is 2.03. The molecule has 1 aromatic rings. The highest BCUT2D eigenvalue weighted by Gasteiger charge is 2.29. The van der Waals surface area contributed by atoms with Crippen LogP contribution < -0.4 is 5.32 Å². The van der Waals surface area contributed by atoms with Crippen LogP contribution in [0.5, 0.6) is 0 Å². The molecule has 1 aliphatic carbocycles. The Labute approximate surface area is 109 Å². The van der Waals surface area contributed by atoms with Crippen molar-refractivity contribution in [3.8, 4) is 0 Å². The average molecular weight is 314 g/mol. The van der Waals surface area contributed by atoms with E-state index >= 15 is 0 Å². The van der Waals surface area contributed by atoms with Gasteiger partial charge in [-0.05, 0) is 30.5 Å². The molecule has 0 spiro atoms. The van der Waals surface area contributed by atoms with E-state index in [0.29, 0.717) is 17.5 Å². The Hall–Kier alpha value is -0.650. The van der Waals surface area contributed by atoms with Crippen LogP contribution >= 0.6 is 15.9 Å². The highest BCUT2D eigenvalue weighted by Crippen LogP contribution is 2.38. The van der Waals surface area contributed by atoms with Crippen molar-refractivity contribution in [3.05, 3.63) is 33.6 Å². The Kier molecular flexibility index (Phi) is 2.65. The Bertz CT molecular complexity index is 603. The number of hydrogen-bond acceptors (Lipinski definition) is 3. The molecule has 1 fully saturated rings. The van der Waals surface area contributed by atoms with Gasteiger partial charge < -0.3 is 5.32 Å². The van der Waals surface area contributed by atoms with Crippen molar-refractivity contribution >= 4 is 31.3 Å². The summed E-state index contributed by atoms with van der Waals surface area (Å²) in [5.74, 6) is 0. The fourth-order valence-corrected chi connectivity index (χ4v) is 4.28. The van der Waals surface area contributed by atoms with E-state index in [1.807, 2.05) is 6.07 Å². The zero-order chi connectivity index (χ0) is 12.0. The van der Waals surface area contributed by atoms with Crippen molar-refractivity contribution < 1.29 is 8.42 Å². The van der Waals surface area contributed by atoms with Gasteiger partial charge in [-0.2, -0.15) is 0 Å². The second-order valence-electron chi connectivity index (χ2n) is 4.46. The molecule has 3 rings (SSSR count). The molecule has 0 atom stereocenters. The van der Waals surface area contributed by atoms with Crippen LogP contribution in [0.2, 0.25) is 0 Å². The molecule has 0 saturated heterocycles. The third kappa shape index (κ3) is 2.07. The number of rotatable bonds is 3. The summed E-state index contributed by atoms with van der Waals surface area (Å²) in [6, 6.07) is 5.87. The van der Waals surface area contributed by atoms with Gasteiger partial charge in [-0.3, -0.25) is 0 Å². The van der Waals surface area contributed by atoms with E-state index in [1.54, 1.807) is 12.1 Å². The van der Waals surface area contributed by atoms with Crippen molar-refractivity contribution in [1.29, 1.82) is 0 Å². The van der Waals surface area contributed by atoms with Crippen molar-refractivity contribution in [2.24, 2.45) is 0 Å². The normalized spacial score (nSPS) is 21.1. The first-order valence-electron chi connectivity index (χ1n) is 5.56. The van der Waals surface area contributed by atoms with Gasteiger partial charge in [0.15, 0.2) is 0 Å². The lowest BCUT2D eigenvalue weighted by atomic mass is 10.1. The van der Waals surface area contributed by atoms with E-state index in [-0.39, 0.29) is 0 Å². The summed E-state index contributed by atoms with van der Waals surface area (Å²) in [5.41, 5.74) is 1.68. The Morgan fingerprint density at radius 3 is 2.82 bits per heavy atom. The molecule has 17 heavy (non-hydrogen) atoms. The summed E-state index contributed by atoms with van der Waals surface area (Å²) in [6.45, 7) is 0.625. The van der Waals surface area contributed by atoms with E-state index in [1.165, 1.54) is 18.2 Å². The largest absolute Gasteiger partial charge is 0.310 e. The van der Waals surface area contributed by atoms with E-state index < -0.39 is 9.84 Å². The van der Waals surface area contributed by atoms with E-state index in [4.69, 9.17) is 0 Å². The topological polar surface area (TPSA) is 46.2 Å². The number of sulfone groups is 1. The minimum Gasteiger partial charge on any atom is -0.310 e. The second kappa shape index (κ2) is 3.93.